The van der Waals surface area contributed by atoms with Crippen LogP contribution in [-0.2, 0) is 9.53 Å². The van der Waals surface area contributed by atoms with Crippen LogP contribution in [-0.4, -0.2) is 22.8 Å². The Morgan fingerprint density at radius 1 is 1.00 bits per heavy atom. The number of rotatable bonds is 7. The molecule has 0 aliphatic heterocycles. The molecule has 2 N–H and O–H groups in total. The van der Waals surface area contributed by atoms with Crippen LogP contribution in [0.5, 0.6) is 11.5 Å². The number of hydrogen-bond acceptors (Lipinski definition) is 4. The van der Waals surface area contributed by atoms with Gasteiger partial charge in [0.1, 0.15) is 11.5 Å². The molecule has 0 aromatic heterocycles. The summed E-state index contributed by atoms with van der Waals surface area (Å²) in [4.78, 5) is 11.9. The fourth-order valence-electron chi connectivity index (χ4n) is 3.08. The Morgan fingerprint density at radius 3 is 1.93 bits per heavy atom. The SMILES string of the molecule is C=C1C/C1=C/C(CCC(=O)OCC)=C(c1ccc(O)cc1)c1ccc(O)cc1. The van der Waals surface area contributed by atoms with Gasteiger partial charge in [0.2, 0.25) is 0 Å². The Morgan fingerprint density at radius 2 is 1.50 bits per heavy atom. The van der Waals surface area contributed by atoms with Gasteiger partial charge in [-0.3, -0.25) is 4.79 Å². The van der Waals surface area contributed by atoms with Gasteiger partial charge in [-0.1, -0.05) is 36.9 Å². The number of aromatic hydroxyl groups is 2. The van der Waals surface area contributed by atoms with Gasteiger partial charge in [0.25, 0.3) is 0 Å². The van der Waals surface area contributed by atoms with E-state index in [0.29, 0.717) is 13.0 Å². The molecule has 0 radical (unpaired) electrons. The van der Waals surface area contributed by atoms with Crippen LogP contribution in [0, 0.1) is 0 Å². The molecule has 0 unspecified atom stereocenters. The molecule has 2 aromatic carbocycles. The van der Waals surface area contributed by atoms with Crippen molar-refractivity contribution in [2.75, 3.05) is 6.61 Å². The minimum atomic E-state index is -0.233. The van der Waals surface area contributed by atoms with Crippen molar-refractivity contribution in [1.29, 1.82) is 0 Å². The highest BCUT2D eigenvalue weighted by Gasteiger charge is 2.20. The normalized spacial score (nSPS) is 14.0. The van der Waals surface area contributed by atoms with Crippen LogP contribution in [0.15, 0.2) is 77.9 Å². The van der Waals surface area contributed by atoms with Crippen molar-refractivity contribution in [1.82, 2.24) is 0 Å². The smallest absolute Gasteiger partial charge is 0.306 e. The van der Waals surface area contributed by atoms with Crippen LogP contribution in [0.2, 0.25) is 0 Å². The number of carbonyl (C=O) groups excluding carboxylic acids is 1. The summed E-state index contributed by atoms with van der Waals surface area (Å²) in [6, 6.07) is 14.0. The van der Waals surface area contributed by atoms with Crippen LogP contribution in [0.4, 0.5) is 0 Å². The molecule has 0 atom stereocenters. The molecule has 1 saturated carbocycles. The maximum absolute atomic E-state index is 11.9. The van der Waals surface area contributed by atoms with Gasteiger partial charge in [-0.15, -0.1) is 0 Å². The van der Waals surface area contributed by atoms with E-state index in [1.807, 2.05) is 24.3 Å². The van der Waals surface area contributed by atoms with E-state index in [2.05, 4.69) is 12.7 Å². The number of allylic oxidation sites excluding steroid dienone is 4. The molecule has 1 aliphatic rings. The highest BCUT2D eigenvalue weighted by atomic mass is 16.5. The van der Waals surface area contributed by atoms with Crippen LogP contribution in [0.25, 0.3) is 5.57 Å². The summed E-state index contributed by atoms with van der Waals surface area (Å²) in [5.41, 5.74) is 6.07. The van der Waals surface area contributed by atoms with E-state index in [0.717, 1.165) is 34.3 Å². The van der Waals surface area contributed by atoms with E-state index in [1.54, 1.807) is 31.2 Å². The molecule has 2 aromatic rings. The van der Waals surface area contributed by atoms with Gasteiger partial charge in [0.15, 0.2) is 0 Å². The average molecular weight is 376 g/mol. The monoisotopic (exact) mass is 376 g/mol. The third-order valence-electron chi connectivity index (χ3n) is 4.62. The second-order valence-electron chi connectivity index (χ2n) is 6.75. The first-order valence-electron chi connectivity index (χ1n) is 9.34. The lowest BCUT2D eigenvalue weighted by atomic mass is 9.90. The predicted octanol–water partition coefficient (Wildman–Crippen LogP) is 5.13. The summed E-state index contributed by atoms with van der Waals surface area (Å²) in [6.45, 7) is 6.16. The molecule has 0 bridgehead atoms. The fourth-order valence-corrected chi connectivity index (χ4v) is 3.08. The van der Waals surface area contributed by atoms with Gasteiger partial charge in [0.05, 0.1) is 6.61 Å². The van der Waals surface area contributed by atoms with Gasteiger partial charge < -0.3 is 14.9 Å². The Kier molecular flexibility index (Phi) is 5.99. The van der Waals surface area contributed by atoms with E-state index in [1.165, 1.54) is 5.57 Å². The lowest BCUT2D eigenvalue weighted by molar-refractivity contribution is -0.143. The van der Waals surface area contributed by atoms with Gasteiger partial charge in [-0.2, -0.15) is 0 Å². The van der Waals surface area contributed by atoms with Crippen molar-refractivity contribution in [2.24, 2.45) is 0 Å². The summed E-state index contributed by atoms with van der Waals surface area (Å²) in [6.07, 6.45) is 3.77. The van der Waals surface area contributed by atoms with E-state index >= 15 is 0 Å². The van der Waals surface area contributed by atoms with Crippen LogP contribution >= 0.6 is 0 Å². The number of esters is 1. The van der Waals surface area contributed by atoms with Crippen molar-refractivity contribution in [3.63, 3.8) is 0 Å². The Balaban J connectivity index is 2.10. The summed E-state index contributed by atoms with van der Waals surface area (Å²) in [5.74, 6) is 0.149. The Labute approximate surface area is 165 Å². The van der Waals surface area contributed by atoms with E-state index < -0.39 is 0 Å². The van der Waals surface area contributed by atoms with E-state index in [-0.39, 0.29) is 23.9 Å². The highest BCUT2D eigenvalue weighted by Crippen LogP contribution is 2.39. The largest absolute Gasteiger partial charge is 0.508 e. The molecular formula is C24H24O4. The summed E-state index contributed by atoms with van der Waals surface area (Å²) < 4.78 is 5.09. The van der Waals surface area contributed by atoms with Gasteiger partial charge in [-0.05, 0) is 77.5 Å². The lowest BCUT2D eigenvalue weighted by Crippen LogP contribution is -2.04. The Hall–Kier alpha value is -3.27. The summed E-state index contributed by atoms with van der Waals surface area (Å²) in [5, 5.41) is 19.4. The molecule has 3 rings (SSSR count). The van der Waals surface area contributed by atoms with E-state index in [9.17, 15) is 15.0 Å². The minimum absolute atomic E-state index is 0.191. The van der Waals surface area contributed by atoms with Crippen molar-refractivity contribution in [2.45, 2.75) is 26.2 Å². The second kappa shape index (κ2) is 8.61. The fraction of sp³-hybridized carbons (Fsp3) is 0.208. The molecule has 1 fully saturated rings. The molecule has 144 valence electrons. The molecule has 0 spiro atoms. The molecule has 28 heavy (non-hydrogen) atoms. The molecule has 0 saturated heterocycles. The average Bonchev–Trinajstić information content (AvgIpc) is 3.37. The minimum Gasteiger partial charge on any atom is -0.508 e. The topological polar surface area (TPSA) is 66.8 Å². The van der Waals surface area contributed by atoms with Gasteiger partial charge in [-0.25, -0.2) is 0 Å². The number of ether oxygens (including phenoxy) is 1. The number of benzene rings is 2. The molecule has 0 heterocycles. The number of carbonyl (C=O) groups is 1. The van der Waals surface area contributed by atoms with Crippen molar-refractivity contribution in [3.8, 4) is 11.5 Å². The molecule has 0 amide bonds. The van der Waals surface area contributed by atoms with Gasteiger partial charge >= 0.3 is 5.97 Å². The van der Waals surface area contributed by atoms with Crippen molar-refractivity contribution in [3.05, 3.63) is 89.0 Å². The first-order chi connectivity index (χ1) is 13.5. The zero-order valence-electron chi connectivity index (χ0n) is 15.9. The number of hydrogen-bond donors (Lipinski definition) is 2. The van der Waals surface area contributed by atoms with Crippen LogP contribution in [0.3, 0.4) is 0 Å². The first kappa shape index (κ1) is 19.5. The Bertz CT molecular complexity index is 884. The predicted molar refractivity (Wildman–Crippen MR) is 110 cm³/mol. The summed E-state index contributed by atoms with van der Waals surface area (Å²) >= 11 is 0. The third-order valence-corrected chi connectivity index (χ3v) is 4.62. The molecule has 1 aliphatic carbocycles. The third kappa shape index (κ3) is 4.92. The maximum Gasteiger partial charge on any atom is 0.306 e. The molecule has 4 nitrogen and oxygen atoms in total. The number of phenols is 2. The zero-order valence-corrected chi connectivity index (χ0v) is 15.9. The maximum atomic E-state index is 11.9. The first-order valence-corrected chi connectivity index (χ1v) is 9.34. The van der Waals surface area contributed by atoms with Crippen LogP contribution < -0.4 is 0 Å². The van der Waals surface area contributed by atoms with Crippen molar-refractivity contribution >= 4 is 11.5 Å². The van der Waals surface area contributed by atoms with Crippen molar-refractivity contribution < 1.29 is 19.7 Å². The highest BCUT2D eigenvalue weighted by molar-refractivity contribution is 5.85. The lowest BCUT2D eigenvalue weighted by Gasteiger charge is -2.15. The quantitative estimate of drug-likeness (QED) is 0.658. The number of phenolic OH excluding ortho intramolecular Hbond substituents is 2. The standard InChI is InChI=1S/C24H24O4/c1-3-28-23(27)13-8-19(15-20-14-16(20)2)24(17-4-9-21(25)10-5-17)18-6-11-22(26)12-7-18/h4-7,9-12,15,25-26H,2-3,8,13-14H2,1H3/b20-15-. The van der Waals surface area contributed by atoms with Gasteiger partial charge in [0, 0.05) is 6.42 Å². The summed E-state index contributed by atoms with van der Waals surface area (Å²) in [7, 11) is 0. The second-order valence-corrected chi connectivity index (χ2v) is 6.75. The molecule has 4 heteroatoms. The van der Waals surface area contributed by atoms with E-state index in [4.69, 9.17) is 4.74 Å². The zero-order chi connectivity index (χ0) is 20.1. The van der Waals surface area contributed by atoms with Crippen LogP contribution in [0.1, 0.15) is 37.3 Å². The molecular weight excluding hydrogens is 352 g/mol.